The van der Waals surface area contributed by atoms with Gasteiger partial charge in [-0.1, -0.05) is 12.1 Å². The number of rotatable bonds is 2. The minimum absolute atomic E-state index is 0.288. The summed E-state index contributed by atoms with van der Waals surface area (Å²) < 4.78 is 22.8. The number of nitrogen functional groups attached to an aromatic ring is 1. The first-order valence-electron chi connectivity index (χ1n) is 4.48. The van der Waals surface area contributed by atoms with Crippen molar-refractivity contribution in [2.24, 2.45) is 0 Å². The Morgan fingerprint density at radius 1 is 1.38 bits per heavy atom. The van der Waals surface area contributed by atoms with Gasteiger partial charge in [-0.15, -0.1) is 11.3 Å². The third-order valence-corrected chi connectivity index (χ3v) is 3.86. The van der Waals surface area contributed by atoms with Gasteiger partial charge in [0, 0.05) is 17.2 Å². The molecule has 1 aromatic heterocycles. The predicted octanol–water partition coefficient (Wildman–Crippen LogP) is 1.80. The molecule has 0 saturated heterocycles. The van der Waals surface area contributed by atoms with Gasteiger partial charge in [0.05, 0.1) is 10.6 Å². The monoisotopic (exact) mass is 254 g/mol. The smallest absolute Gasteiger partial charge is 0.180 e. The summed E-state index contributed by atoms with van der Waals surface area (Å²) in [4.78, 5) is 4.39. The molecule has 2 N–H and O–H groups in total. The van der Waals surface area contributed by atoms with Crippen LogP contribution in [0.5, 0.6) is 0 Å². The maximum absolute atomic E-state index is 11.4. The number of hydrogen-bond donors (Lipinski definition) is 1. The summed E-state index contributed by atoms with van der Waals surface area (Å²) in [5.74, 6) is 0. The first kappa shape index (κ1) is 11.1. The van der Waals surface area contributed by atoms with Crippen molar-refractivity contribution in [3.63, 3.8) is 0 Å². The first-order chi connectivity index (χ1) is 7.47. The van der Waals surface area contributed by atoms with E-state index in [1.807, 2.05) is 6.07 Å². The van der Waals surface area contributed by atoms with Crippen LogP contribution in [0.25, 0.3) is 11.3 Å². The van der Waals surface area contributed by atoms with Crippen molar-refractivity contribution in [2.75, 3.05) is 12.0 Å². The number of benzene rings is 1. The average molecular weight is 254 g/mol. The molecule has 0 spiro atoms. The Hall–Kier alpha value is -1.40. The van der Waals surface area contributed by atoms with Crippen LogP contribution in [-0.2, 0) is 9.84 Å². The molecule has 2 rings (SSSR count). The molecule has 0 atom stereocenters. The Bertz CT molecular complexity index is 617. The Kier molecular flexibility index (Phi) is 2.69. The van der Waals surface area contributed by atoms with Gasteiger partial charge in [-0.05, 0) is 12.1 Å². The van der Waals surface area contributed by atoms with Crippen molar-refractivity contribution >= 4 is 26.3 Å². The lowest BCUT2D eigenvalue weighted by molar-refractivity contribution is 0.602. The molecular weight excluding hydrogens is 244 g/mol. The van der Waals surface area contributed by atoms with Gasteiger partial charge in [-0.25, -0.2) is 13.4 Å². The number of thiazole rings is 1. The van der Waals surface area contributed by atoms with Gasteiger partial charge in [0.15, 0.2) is 15.0 Å². The van der Waals surface area contributed by atoms with Crippen molar-refractivity contribution in [1.29, 1.82) is 0 Å². The third kappa shape index (κ3) is 2.23. The van der Waals surface area contributed by atoms with Crippen molar-refractivity contribution in [2.45, 2.75) is 4.90 Å². The molecule has 0 aliphatic carbocycles. The normalized spacial score (nSPS) is 11.6. The molecular formula is C10H10N2O2S2. The standard InChI is InChI=1S/C10H10N2O2S2/c1-16(13,14)8-4-2-3-7(5-8)9-6-15-10(11)12-9/h2-6H,1H3,(H2,11,12). The number of nitrogens with two attached hydrogens (primary N) is 1. The van der Waals surface area contributed by atoms with Crippen molar-refractivity contribution in [3.8, 4) is 11.3 Å². The van der Waals surface area contributed by atoms with Gasteiger partial charge in [0.1, 0.15) is 0 Å². The minimum Gasteiger partial charge on any atom is -0.375 e. The van der Waals surface area contributed by atoms with E-state index in [0.29, 0.717) is 10.8 Å². The SMILES string of the molecule is CS(=O)(=O)c1cccc(-c2csc(N)n2)c1. The maximum atomic E-state index is 11.4. The average Bonchev–Trinajstić information content (AvgIpc) is 2.64. The third-order valence-electron chi connectivity index (χ3n) is 2.08. The molecule has 0 radical (unpaired) electrons. The zero-order chi connectivity index (χ0) is 11.8. The molecule has 16 heavy (non-hydrogen) atoms. The fourth-order valence-electron chi connectivity index (χ4n) is 1.31. The highest BCUT2D eigenvalue weighted by Crippen LogP contribution is 2.24. The van der Waals surface area contributed by atoms with E-state index >= 15 is 0 Å². The Morgan fingerprint density at radius 3 is 2.69 bits per heavy atom. The number of aromatic nitrogens is 1. The number of sulfone groups is 1. The van der Waals surface area contributed by atoms with Crippen LogP contribution in [-0.4, -0.2) is 19.7 Å². The Labute approximate surface area is 97.7 Å². The molecule has 0 aliphatic heterocycles. The topological polar surface area (TPSA) is 73.0 Å². The number of anilines is 1. The van der Waals surface area contributed by atoms with E-state index in [4.69, 9.17) is 5.73 Å². The molecule has 1 aromatic carbocycles. The molecule has 0 amide bonds. The van der Waals surface area contributed by atoms with Crippen LogP contribution in [0.15, 0.2) is 34.5 Å². The quantitative estimate of drug-likeness (QED) is 0.886. The highest BCUT2D eigenvalue weighted by atomic mass is 32.2. The number of hydrogen-bond acceptors (Lipinski definition) is 5. The van der Waals surface area contributed by atoms with Crippen LogP contribution in [0, 0.1) is 0 Å². The maximum Gasteiger partial charge on any atom is 0.180 e. The van der Waals surface area contributed by atoms with Crippen LogP contribution >= 0.6 is 11.3 Å². The van der Waals surface area contributed by atoms with E-state index in [1.165, 1.54) is 17.6 Å². The van der Waals surface area contributed by atoms with Crippen LogP contribution in [0.3, 0.4) is 0 Å². The Balaban J connectivity index is 2.52. The lowest BCUT2D eigenvalue weighted by atomic mass is 10.2. The van der Waals surface area contributed by atoms with Gasteiger partial charge in [0.2, 0.25) is 0 Å². The zero-order valence-corrected chi connectivity index (χ0v) is 10.2. The fourth-order valence-corrected chi connectivity index (χ4v) is 2.55. The molecule has 0 fully saturated rings. The van der Waals surface area contributed by atoms with Gasteiger partial charge < -0.3 is 5.73 Å². The second-order valence-electron chi connectivity index (χ2n) is 3.37. The van der Waals surface area contributed by atoms with Gasteiger partial charge in [0.25, 0.3) is 0 Å². The van der Waals surface area contributed by atoms with E-state index in [9.17, 15) is 8.42 Å². The second-order valence-corrected chi connectivity index (χ2v) is 6.28. The van der Waals surface area contributed by atoms with Crippen LogP contribution in [0.1, 0.15) is 0 Å². The lowest BCUT2D eigenvalue weighted by Crippen LogP contribution is -1.96. The van der Waals surface area contributed by atoms with Gasteiger partial charge >= 0.3 is 0 Å². The molecule has 2 aromatic rings. The molecule has 84 valence electrons. The molecule has 1 heterocycles. The highest BCUT2D eigenvalue weighted by molar-refractivity contribution is 7.90. The number of nitrogens with zero attached hydrogens (tertiary/aromatic N) is 1. The fraction of sp³-hybridized carbons (Fsp3) is 0.100. The molecule has 0 saturated carbocycles. The van der Waals surface area contributed by atoms with Crippen molar-refractivity contribution in [1.82, 2.24) is 4.98 Å². The molecule has 0 aliphatic rings. The molecule has 6 heteroatoms. The summed E-state index contributed by atoms with van der Waals surface area (Å²) in [5.41, 5.74) is 6.99. The molecule has 4 nitrogen and oxygen atoms in total. The van der Waals surface area contributed by atoms with E-state index < -0.39 is 9.84 Å². The largest absolute Gasteiger partial charge is 0.375 e. The summed E-state index contributed by atoms with van der Waals surface area (Å²) in [6.45, 7) is 0. The summed E-state index contributed by atoms with van der Waals surface area (Å²) in [6.07, 6.45) is 1.18. The summed E-state index contributed by atoms with van der Waals surface area (Å²) >= 11 is 1.33. The summed E-state index contributed by atoms with van der Waals surface area (Å²) in [5, 5.41) is 2.27. The van der Waals surface area contributed by atoms with Crippen LogP contribution in [0.2, 0.25) is 0 Å². The van der Waals surface area contributed by atoms with E-state index in [0.717, 1.165) is 5.56 Å². The van der Waals surface area contributed by atoms with Gasteiger partial charge in [-0.3, -0.25) is 0 Å². The Morgan fingerprint density at radius 2 is 2.12 bits per heavy atom. The van der Waals surface area contributed by atoms with Crippen LogP contribution < -0.4 is 5.73 Å². The van der Waals surface area contributed by atoms with Crippen molar-refractivity contribution < 1.29 is 8.42 Å². The van der Waals surface area contributed by atoms with Gasteiger partial charge in [-0.2, -0.15) is 0 Å². The lowest BCUT2D eigenvalue weighted by Gasteiger charge is -2.00. The van der Waals surface area contributed by atoms with Crippen LogP contribution in [0.4, 0.5) is 5.13 Å². The summed E-state index contributed by atoms with van der Waals surface area (Å²) in [6, 6.07) is 6.67. The first-order valence-corrected chi connectivity index (χ1v) is 7.25. The van der Waals surface area contributed by atoms with E-state index in [2.05, 4.69) is 4.98 Å². The zero-order valence-electron chi connectivity index (χ0n) is 8.54. The summed E-state index contributed by atoms with van der Waals surface area (Å²) in [7, 11) is -3.18. The highest BCUT2D eigenvalue weighted by Gasteiger charge is 2.09. The van der Waals surface area contributed by atoms with E-state index in [-0.39, 0.29) is 4.90 Å². The molecule has 0 unspecified atom stereocenters. The molecule has 0 bridgehead atoms. The minimum atomic E-state index is -3.18. The van der Waals surface area contributed by atoms with Crippen molar-refractivity contribution in [3.05, 3.63) is 29.6 Å². The van der Waals surface area contributed by atoms with E-state index in [1.54, 1.807) is 23.6 Å². The predicted molar refractivity (Wildman–Crippen MR) is 65.1 cm³/mol. The second kappa shape index (κ2) is 3.88.